The van der Waals surface area contributed by atoms with Gasteiger partial charge in [-0.2, -0.15) is 0 Å². The van der Waals surface area contributed by atoms with Gasteiger partial charge in [0, 0.05) is 38.4 Å². The van der Waals surface area contributed by atoms with E-state index in [1.54, 1.807) is 0 Å². The van der Waals surface area contributed by atoms with E-state index in [4.69, 9.17) is 10.5 Å². The Morgan fingerprint density at radius 1 is 1.20 bits per heavy atom. The standard InChI is InChI=1S/C19H30N4O2/c1-2-25-17-7-11-23(12-8-17)19(24)16-5-9-22(10-6-16)14-15-3-4-18(20)21-13-15/h3-4,13,16-17H,2,5-12,14H2,1H3,(H2,20,21). The Kier molecular flexibility index (Phi) is 6.26. The molecule has 25 heavy (non-hydrogen) atoms. The van der Waals surface area contributed by atoms with E-state index in [9.17, 15) is 4.79 Å². The van der Waals surface area contributed by atoms with Gasteiger partial charge >= 0.3 is 0 Å². The van der Waals surface area contributed by atoms with E-state index in [1.807, 2.05) is 25.3 Å². The van der Waals surface area contributed by atoms with Gasteiger partial charge in [0.05, 0.1) is 6.10 Å². The maximum absolute atomic E-state index is 12.8. The first-order chi connectivity index (χ1) is 12.2. The third kappa shape index (κ3) is 4.92. The van der Waals surface area contributed by atoms with Crippen molar-refractivity contribution in [2.45, 2.75) is 45.3 Å². The summed E-state index contributed by atoms with van der Waals surface area (Å²) in [5.74, 6) is 1.09. The second kappa shape index (κ2) is 8.63. The largest absolute Gasteiger partial charge is 0.384 e. The lowest BCUT2D eigenvalue weighted by Gasteiger charge is -2.37. The van der Waals surface area contributed by atoms with E-state index in [1.165, 1.54) is 5.56 Å². The zero-order valence-corrected chi connectivity index (χ0v) is 15.2. The van der Waals surface area contributed by atoms with E-state index in [2.05, 4.69) is 14.8 Å². The summed E-state index contributed by atoms with van der Waals surface area (Å²) < 4.78 is 5.68. The first kappa shape index (κ1) is 18.1. The molecule has 0 radical (unpaired) electrons. The minimum atomic E-state index is 0.185. The number of rotatable bonds is 5. The highest BCUT2D eigenvalue weighted by Crippen LogP contribution is 2.23. The maximum atomic E-state index is 12.8. The predicted molar refractivity (Wildman–Crippen MR) is 97.9 cm³/mol. The fourth-order valence-corrected chi connectivity index (χ4v) is 3.86. The van der Waals surface area contributed by atoms with Gasteiger partial charge < -0.3 is 15.4 Å². The molecule has 2 N–H and O–H groups in total. The third-order valence-electron chi connectivity index (χ3n) is 5.35. The average Bonchev–Trinajstić information content (AvgIpc) is 2.65. The Hall–Kier alpha value is -1.66. The summed E-state index contributed by atoms with van der Waals surface area (Å²) >= 11 is 0. The molecule has 0 aromatic carbocycles. The molecule has 6 heteroatoms. The molecule has 2 fully saturated rings. The summed E-state index contributed by atoms with van der Waals surface area (Å²) in [5, 5.41) is 0. The molecule has 2 aliphatic rings. The summed E-state index contributed by atoms with van der Waals surface area (Å²) in [4.78, 5) is 21.4. The molecule has 0 spiro atoms. The molecular weight excluding hydrogens is 316 g/mol. The van der Waals surface area contributed by atoms with Gasteiger partial charge in [-0.05, 0) is 57.3 Å². The van der Waals surface area contributed by atoms with Gasteiger partial charge in [0.25, 0.3) is 0 Å². The number of likely N-dealkylation sites (tertiary alicyclic amines) is 2. The normalized spacial score (nSPS) is 20.8. The Labute approximate surface area is 150 Å². The summed E-state index contributed by atoms with van der Waals surface area (Å²) in [7, 11) is 0. The number of aromatic nitrogens is 1. The molecule has 1 aromatic rings. The van der Waals surface area contributed by atoms with Crippen LogP contribution in [0.2, 0.25) is 0 Å². The fraction of sp³-hybridized carbons (Fsp3) is 0.684. The molecule has 0 atom stereocenters. The minimum absolute atomic E-state index is 0.185. The quantitative estimate of drug-likeness (QED) is 0.882. The summed E-state index contributed by atoms with van der Waals surface area (Å²) in [6, 6.07) is 3.87. The number of pyridine rings is 1. The Balaban J connectivity index is 1.42. The highest BCUT2D eigenvalue weighted by molar-refractivity contribution is 5.79. The number of ether oxygens (including phenoxy) is 1. The van der Waals surface area contributed by atoms with Crippen LogP contribution in [-0.4, -0.2) is 59.6 Å². The lowest BCUT2D eigenvalue weighted by atomic mass is 9.94. The van der Waals surface area contributed by atoms with Crippen LogP contribution in [0.4, 0.5) is 5.82 Å². The number of anilines is 1. The van der Waals surface area contributed by atoms with Crippen molar-refractivity contribution in [3.8, 4) is 0 Å². The first-order valence-electron chi connectivity index (χ1n) is 9.49. The van der Waals surface area contributed by atoms with Gasteiger partial charge in [0.2, 0.25) is 5.91 Å². The van der Waals surface area contributed by atoms with E-state index in [-0.39, 0.29) is 5.92 Å². The molecule has 1 aromatic heterocycles. The van der Waals surface area contributed by atoms with Crippen LogP contribution in [0.5, 0.6) is 0 Å². The highest BCUT2D eigenvalue weighted by atomic mass is 16.5. The molecule has 0 bridgehead atoms. The number of nitrogens with two attached hydrogens (primary N) is 1. The van der Waals surface area contributed by atoms with E-state index in [0.29, 0.717) is 17.8 Å². The zero-order valence-electron chi connectivity index (χ0n) is 15.2. The second-order valence-electron chi connectivity index (χ2n) is 7.12. The van der Waals surface area contributed by atoms with Gasteiger partial charge in [0.15, 0.2) is 0 Å². The number of hydrogen-bond acceptors (Lipinski definition) is 5. The van der Waals surface area contributed by atoms with E-state index < -0.39 is 0 Å². The molecule has 0 aliphatic carbocycles. The van der Waals surface area contributed by atoms with Crippen LogP contribution in [0.3, 0.4) is 0 Å². The molecule has 2 aliphatic heterocycles. The Morgan fingerprint density at radius 3 is 2.52 bits per heavy atom. The van der Waals surface area contributed by atoms with Gasteiger partial charge in [-0.25, -0.2) is 4.98 Å². The first-order valence-corrected chi connectivity index (χ1v) is 9.49. The van der Waals surface area contributed by atoms with Gasteiger partial charge in [-0.15, -0.1) is 0 Å². The maximum Gasteiger partial charge on any atom is 0.225 e. The van der Waals surface area contributed by atoms with Crippen molar-refractivity contribution in [1.29, 1.82) is 0 Å². The third-order valence-corrected chi connectivity index (χ3v) is 5.35. The molecule has 3 heterocycles. The van der Waals surface area contributed by atoms with Crippen molar-refractivity contribution >= 4 is 11.7 Å². The van der Waals surface area contributed by atoms with Crippen LogP contribution in [-0.2, 0) is 16.1 Å². The molecule has 0 unspecified atom stereocenters. The molecule has 138 valence electrons. The van der Waals surface area contributed by atoms with Gasteiger partial charge in [0.1, 0.15) is 5.82 Å². The number of carbonyl (C=O) groups excluding carboxylic acids is 1. The SMILES string of the molecule is CCOC1CCN(C(=O)C2CCN(Cc3ccc(N)nc3)CC2)CC1. The van der Waals surface area contributed by atoms with Gasteiger partial charge in [-0.1, -0.05) is 6.07 Å². The Bertz CT molecular complexity index is 547. The van der Waals surface area contributed by atoms with Crippen molar-refractivity contribution in [3.63, 3.8) is 0 Å². The summed E-state index contributed by atoms with van der Waals surface area (Å²) in [6.07, 6.45) is 6.03. The zero-order chi connectivity index (χ0) is 17.6. The van der Waals surface area contributed by atoms with Crippen molar-refractivity contribution in [2.24, 2.45) is 5.92 Å². The molecular formula is C19H30N4O2. The number of nitrogens with zero attached hydrogens (tertiary/aromatic N) is 3. The molecule has 2 saturated heterocycles. The predicted octanol–water partition coefficient (Wildman–Crippen LogP) is 1.90. The molecule has 6 nitrogen and oxygen atoms in total. The van der Waals surface area contributed by atoms with Crippen LogP contribution in [0.25, 0.3) is 0 Å². The number of amides is 1. The van der Waals surface area contributed by atoms with Crippen LogP contribution >= 0.6 is 0 Å². The molecule has 0 saturated carbocycles. The number of hydrogen-bond donors (Lipinski definition) is 1. The van der Waals surface area contributed by atoms with E-state index >= 15 is 0 Å². The van der Waals surface area contributed by atoms with Crippen molar-refractivity contribution in [2.75, 3.05) is 38.5 Å². The van der Waals surface area contributed by atoms with Crippen LogP contribution in [0, 0.1) is 5.92 Å². The van der Waals surface area contributed by atoms with Gasteiger partial charge in [-0.3, -0.25) is 9.69 Å². The van der Waals surface area contributed by atoms with Crippen molar-refractivity contribution in [1.82, 2.24) is 14.8 Å². The lowest BCUT2D eigenvalue weighted by molar-refractivity contribution is -0.139. The lowest BCUT2D eigenvalue weighted by Crippen LogP contribution is -2.46. The Morgan fingerprint density at radius 2 is 1.92 bits per heavy atom. The monoisotopic (exact) mass is 346 g/mol. The highest BCUT2D eigenvalue weighted by Gasteiger charge is 2.30. The smallest absolute Gasteiger partial charge is 0.225 e. The summed E-state index contributed by atoms with van der Waals surface area (Å²) in [6.45, 7) is 7.31. The minimum Gasteiger partial charge on any atom is -0.384 e. The molecule has 1 amide bonds. The van der Waals surface area contributed by atoms with Crippen molar-refractivity contribution in [3.05, 3.63) is 23.9 Å². The summed E-state index contributed by atoms with van der Waals surface area (Å²) in [5.41, 5.74) is 6.81. The van der Waals surface area contributed by atoms with Crippen LogP contribution in [0.1, 0.15) is 38.2 Å². The topological polar surface area (TPSA) is 71.7 Å². The number of piperidine rings is 2. The fourth-order valence-electron chi connectivity index (χ4n) is 3.86. The molecule has 3 rings (SSSR count). The van der Waals surface area contributed by atoms with Crippen LogP contribution in [0.15, 0.2) is 18.3 Å². The second-order valence-corrected chi connectivity index (χ2v) is 7.12. The van der Waals surface area contributed by atoms with Crippen LogP contribution < -0.4 is 5.73 Å². The van der Waals surface area contributed by atoms with E-state index in [0.717, 1.165) is 65.0 Å². The average molecular weight is 346 g/mol. The number of carbonyl (C=O) groups is 1. The number of nitrogen functional groups attached to an aromatic ring is 1. The van der Waals surface area contributed by atoms with Crippen molar-refractivity contribution < 1.29 is 9.53 Å².